The first-order chi connectivity index (χ1) is 9.24. The molecule has 1 N–H and O–H groups in total. The SMILES string of the molecule is Cn1cnc(Cn2c(-c3cccnc3)n[nH]c2=S)n1. The highest BCUT2D eigenvalue weighted by Crippen LogP contribution is 2.16. The van der Waals surface area contributed by atoms with Gasteiger partial charge in [0.25, 0.3) is 0 Å². The molecule has 3 aromatic heterocycles. The Hall–Kier alpha value is -2.35. The van der Waals surface area contributed by atoms with Crippen molar-refractivity contribution in [3.63, 3.8) is 0 Å². The second-order valence-electron chi connectivity index (χ2n) is 4.01. The minimum Gasteiger partial charge on any atom is -0.292 e. The van der Waals surface area contributed by atoms with Gasteiger partial charge in [-0.15, -0.1) is 0 Å². The van der Waals surface area contributed by atoms with Crippen LogP contribution in [-0.4, -0.2) is 34.5 Å². The first-order valence-corrected chi connectivity index (χ1v) is 6.05. The van der Waals surface area contributed by atoms with Crippen LogP contribution in [0.1, 0.15) is 5.82 Å². The van der Waals surface area contributed by atoms with E-state index in [1.165, 1.54) is 0 Å². The van der Waals surface area contributed by atoms with E-state index in [0.717, 1.165) is 11.4 Å². The first kappa shape index (κ1) is 11.7. The van der Waals surface area contributed by atoms with Gasteiger partial charge in [0.1, 0.15) is 6.33 Å². The molecule has 0 amide bonds. The molecule has 3 aromatic rings. The number of aryl methyl sites for hydroxylation is 1. The Morgan fingerprint density at radius 3 is 3.00 bits per heavy atom. The van der Waals surface area contributed by atoms with Gasteiger partial charge in [-0.3, -0.25) is 19.3 Å². The standard InChI is InChI=1S/C11H11N7S/c1-17-7-13-9(16-17)6-18-10(14-15-11(18)19)8-3-2-4-12-5-8/h2-5,7H,6H2,1H3,(H,15,19). The zero-order chi connectivity index (χ0) is 13.2. The average Bonchev–Trinajstić information content (AvgIpc) is 2.99. The highest BCUT2D eigenvalue weighted by atomic mass is 32.1. The summed E-state index contributed by atoms with van der Waals surface area (Å²) in [4.78, 5) is 8.28. The zero-order valence-electron chi connectivity index (χ0n) is 10.2. The molecule has 0 spiro atoms. The minimum absolute atomic E-state index is 0.473. The lowest BCUT2D eigenvalue weighted by molar-refractivity contribution is 0.699. The smallest absolute Gasteiger partial charge is 0.195 e. The maximum atomic E-state index is 5.24. The number of pyridine rings is 1. The molecule has 3 heterocycles. The fourth-order valence-electron chi connectivity index (χ4n) is 1.78. The van der Waals surface area contributed by atoms with Crippen LogP contribution in [0.15, 0.2) is 30.9 Å². The van der Waals surface area contributed by atoms with Crippen LogP contribution in [0, 0.1) is 4.77 Å². The molecule has 0 fully saturated rings. The summed E-state index contributed by atoms with van der Waals surface area (Å²) < 4.78 is 4.04. The van der Waals surface area contributed by atoms with Gasteiger partial charge in [-0.1, -0.05) is 0 Å². The first-order valence-electron chi connectivity index (χ1n) is 5.64. The van der Waals surface area contributed by atoms with Gasteiger partial charge in [0.15, 0.2) is 16.4 Å². The van der Waals surface area contributed by atoms with Gasteiger partial charge < -0.3 is 0 Å². The van der Waals surface area contributed by atoms with E-state index in [0.29, 0.717) is 17.1 Å². The van der Waals surface area contributed by atoms with Crippen LogP contribution < -0.4 is 0 Å². The highest BCUT2D eigenvalue weighted by Gasteiger charge is 2.11. The predicted molar refractivity (Wildman–Crippen MR) is 70.7 cm³/mol. The summed E-state index contributed by atoms with van der Waals surface area (Å²) in [7, 11) is 1.83. The molecule has 19 heavy (non-hydrogen) atoms. The summed E-state index contributed by atoms with van der Waals surface area (Å²) in [6, 6.07) is 3.79. The normalized spacial score (nSPS) is 10.8. The van der Waals surface area contributed by atoms with Gasteiger partial charge in [-0.25, -0.2) is 4.98 Å². The predicted octanol–water partition coefficient (Wildman–Crippen LogP) is 1.18. The lowest BCUT2D eigenvalue weighted by Gasteiger charge is -2.03. The number of rotatable bonds is 3. The second-order valence-corrected chi connectivity index (χ2v) is 4.40. The van der Waals surface area contributed by atoms with E-state index in [4.69, 9.17) is 12.2 Å². The van der Waals surface area contributed by atoms with Gasteiger partial charge >= 0.3 is 0 Å². The lowest BCUT2D eigenvalue weighted by atomic mass is 10.3. The topological polar surface area (TPSA) is 77.2 Å². The van der Waals surface area contributed by atoms with E-state index in [-0.39, 0.29) is 0 Å². The monoisotopic (exact) mass is 273 g/mol. The number of aromatic amines is 1. The van der Waals surface area contributed by atoms with Crippen molar-refractivity contribution in [2.45, 2.75) is 6.54 Å². The molecule has 0 aliphatic rings. The summed E-state index contributed by atoms with van der Waals surface area (Å²) in [5, 5.41) is 11.3. The number of H-pyrrole nitrogens is 1. The molecule has 0 atom stereocenters. The number of hydrogen-bond acceptors (Lipinski definition) is 5. The van der Waals surface area contributed by atoms with Gasteiger partial charge in [0.05, 0.1) is 6.54 Å². The van der Waals surface area contributed by atoms with E-state index in [2.05, 4.69) is 25.3 Å². The van der Waals surface area contributed by atoms with Crippen molar-refractivity contribution in [3.05, 3.63) is 41.4 Å². The molecule has 0 saturated carbocycles. The van der Waals surface area contributed by atoms with Crippen molar-refractivity contribution in [2.24, 2.45) is 7.05 Å². The Bertz CT molecular complexity index is 740. The van der Waals surface area contributed by atoms with Gasteiger partial charge in [0, 0.05) is 25.0 Å². The Morgan fingerprint density at radius 2 is 2.32 bits per heavy atom. The van der Waals surface area contributed by atoms with Crippen molar-refractivity contribution < 1.29 is 0 Å². The largest absolute Gasteiger partial charge is 0.292 e. The van der Waals surface area contributed by atoms with Crippen molar-refractivity contribution in [2.75, 3.05) is 0 Å². The molecule has 0 saturated heterocycles. The molecule has 0 radical (unpaired) electrons. The third-order valence-electron chi connectivity index (χ3n) is 2.62. The third-order valence-corrected chi connectivity index (χ3v) is 2.94. The molecule has 0 aliphatic heterocycles. The Kier molecular flexibility index (Phi) is 2.92. The van der Waals surface area contributed by atoms with Crippen LogP contribution in [0.3, 0.4) is 0 Å². The van der Waals surface area contributed by atoms with Crippen LogP contribution in [0.5, 0.6) is 0 Å². The van der Waals surface area contributed by atoms with Gasteiger partial charge in [0.2, 0.25) is 0 Å². The lowest BCUT2D eigenvalue weighted by Crippen LogP contribution is -2.05. The van der Waals surface area contributed by atoms with Crippen molar-refractivity contribution in [1.82, 2.24) is 34.5 Å². The van der Waals surface area contributed by atoms with Crippen LogP contribution in [0.25, 0.3) is 11.4 Å². The highest BCUT2D eigenvalue weighted by molar-refractivity contribution is 7.71. The fourth-order valence-corrected chi connectivity index (χ4v) is 1.97. The summed E-state index contributed by atoms with van der Waals surface area (Å²) in [5.74, 6) is 1.41. The third kappa shape index (κ3) is 2.29. The maximum Gasteiger partial charge on any atom is 0.195 e. The molecule has 0 aromatic carbocycles. The van der Waals surface area contributed by atoms with Gasteiger partial charge in [-0.05, 0) is 24.4 Å². The molecular weight excluding hydrogens is 262 g/mol. The number of hydrogen-bond donors (Lipinski definition) is 1. The van der Waals surface area contributed by atoms with Crippen LogP contribution in [0.4, 0.5) is 0 Å². The van der Waals surface area contributed by atoms with E-state index in [1.54, 1.807) is 23.4 Å². The van der Waals surface area contributed by atoms with Crippen molar-refractivity contribution in [3.8, 4) is 11.4 Å². The Balaban J connectivity index is 2.02. The summed E-state index contributed by atoms with van der Waals surface area (Å²) in [6.45, 7) is 0.473. The van der Waals surface area contributed by atoms with Crippen molar-refractivity contribution in [1.29, 1.82) is 0 Å². The second kappa shape index (κ2) is 4.73. The van der Waals surface area contributed by atoms with E-state index >= 15 is 0 Å². The molecule has 7 nitrogen and oxygen atoms in total. The van der Waals surface area contributed by atoms with Crippen molar-refractivity contribution >= 4 is 12.2 Å². The quantitative estimate of drug-likeness (QED) is 0.725. The molecule has 96 valence electrons. The molecule has 0 aliphatic carbocycles. The Labute approximate surface area is 114 Å². The molecule has 0 unspecified atom stereocenters. The number of nitrogens with one attached hydrogen (secondary N) is 1. The number of nitrogens with zero attached hydrogens (tertiary/aromatic N) is 6. The molecule has 8 heteroatoms. The zero-order valence-corrected chi connectivity index (χ0v) is 11.0. The van der Waals surface area contributed by atoms with Crippen LogP contribution in [0.2, 0.25) is 0 Å². The van der Waals surface area contributed by atoms with Crippen LogP contribution in [-0.2, 0) is 13.6 Å². The van der Waals surface area contributed by atoms with E-state index in [1.807, 2.05) is 23.7 Å². The Morgan fingerprint density at radius 1 is 1.42 bits per heavy atom. The van der Waals surface area contributed by atoms with E-state index < -0.39 is 0 Å². The van der Waals surface area contributed by atoms with E-state index in [9.17, 15) is 0 Å². The number of aromatic nitrogens is 7. The summed E-state index contributed by atoms with van der Waals surface area (Å²) >= 11 is 5.24. The maximum absolute atomic E-state index is 5.24. The average molecular weight is 273 g/mol. The summed E-state index contributed by atoms with van der Waals surface area (Å²) in [5.41, 5.74) is 0.894. The molecule has 0 bridgehead atoms. The van der Waals surface area contributed by atoms with Gasteiger partial charge in [-0.2, -0.15) is 10.2 Å². The fraction of sp³-hybridized carbons (Fsp3) is 0.182. The summed E-state index contributed by atoms with van der Waals surface area (Å²) in [6.07, 6.45) is 5.12. The molecular formula is C11H11N7S. The minimum atomic E-state index is 0.473. The van der Waals surface area contributed by atoms with Crippen LogP contribution >= 0.6 is 12.2 Å². The molecule has 3 rings (SSSR count).